The van der Waals surface area contributed by atoms with Crippen molar-refractivity contribution in [3.05, 3.63) is 67.8 Å². The molecule has 1 rings (SSSR count). The second-order valence-electron chi connectivity index (χ2n) is 2.50. The second kappa shape index (κ2) is 12.4. The van der Waals surface area contributed by atoms with Gasteiger partial charge in [-0.05, 0) is 18.1 Å². The van der Waals surface area contributed by atoms with Crippen LogP contribution in [0.5, 0.6) is 0 Å². The summed E-state index contributed by atoms with van der Waals surface area (Å²) < 4.78 is 0. The number of hydrogen-bond acceptors (Lipinski definition) is 0. The smallest absolute Gasteiger partial charge is 0.0190 e. The van der Waals surface area contributed by atoms with Gasteiger partial charge in [0.1, 0.15) is 0 Å². The van der Waals surface area contributed by atoms with E-state index in [0.717, 1.165) is 11.1 Å². The van der Waals surface area contributed by atoms with Crippen LogP contribution >= 0.6 is 0 Å². The van der Waals surface area contributed by atoms with Crippen molar-refractivity contribution in [2.24, 2.45) is 0 Å². The van der Waals surface area contributed by atoms with E-state index >= 15 is 0 Å². The summed E-state index contributed by atoms with van der Waals surface area (Å²) in [6.45, 7) is 16.7. The highest BCUT2D eigenvalue weighted by Crippen LogP contribution is 2.10. The lowest BCUT2D eigenvalue weighted by atomic mass is 10.1. The van der Waals surface area contributed by atoms with Gasteiger partial charge in [0, 0.05) is 0 Å². The molecule has 0 atom stereocenters. The van der Waals surface area contributed by atoms with Crippen LogP contribution in [0, 0.1) is 0 Å². The Kier molecular flexibility index (Phi) is 13.2. The van der Waals surface area contributed by atoms with Crippen LogP contribution < -0.4 is 0 Å². The third-order valence-electron chi connectivity index (χ3n) is 1.39. The molecule has 1 aromatic carbocycles. The van der Waals surface area contributed by atoms with Gasteiger partial charge >= 0.3 is 0 Å². The minimum absolute atomic E-state index is 0.973. The lowest BCUT2D eigenvalue weighted by Gasteiger charge is -1.96. The van der Waals surface area contributed by atoms with Crippen molar-refractivity contribution in [1.82, 2.24) is 0 Å². The maximum atomic E-state index is 3.83. The molecule has 0 aromatic heterocycles. The molecule has 82 valence electrons. The van der Waals surface area contributed by atoms with Gasteiger partial charge in [0.25, 0.3) is 0 Å². The van der Waals surface area contributed by atoms with Crippen molar-refractivity contribution in [3.8, 4) is 0 Å². The van der Waals surface area contributed by atoms with Crippen LogP contribution in [0.4, 0.5) is 0 Å². The summed E-state index contributed by atoms with van der Waals surface area (Å²) in [5, 5.41) is 0. The minimum atomic E-state index is 0.973. The Bertz CT molecular complexity index is 267. The Labute approximate surface area is 94.7 Å². The van der Waals surface area contributed by atoms with Gasteiger partial charge in [0.15, 0.2) is 0 Å². The van der Waals surface area contributed by atoms with E-state index in [-0.39, 0.29) is 0 Å². The van der Waals surface area contributed by atoms with Gasteiger partial charge in [-0.25, -0.2) is 0 Å². The monoisotopic (exact) mass is 202 g/mol. The summed E-state index contributed by atoms with van der Waals surface area (Å²) >= 11 is 0. The SMILES string of the molecule is C=CC.C=CC(=C)c1ccccc1.CC. The molecule has 0 heteroatoms. The summed E-state index contributed by atoms with van der Waals surface area (Å²) in [5.41, 5.74) is 2.11. The second-order valence-corrected chi connectivity index (χ2v) is 2.50. The Hall–Kier alpha value is -1.56. The Morgan fingerprint density at radius 2 is 1.47 bits per heavy atom. The van der Waals surface area contributed by atoms with Crippen LogP contribution in [0.1, 0.15) is 26.3 Å². The zero-order valence-electron chi connectivity index (χ0n) is 10.2. The quantitative estimate of drug-likeness (QED) is 0.462. The molecule has 0 radical (unpaired) electrons. The summed E-state index contributed by atoms with van der Waals surface area (Å²) in [6, 6.07) is 10.0. The highest BCUT2D eigenvalue weighted by molar-refractivity contribution is 5.71. The molecule has 0 nitrogen and oxygen atoms in total. The zero-order valence-corrected chi connectivity index (χ0v) is 10.2. The first kappa shape index (κ1) is 15.9. The fourth-order valence-electron chi connectivity index (χ4n) is 0.770. The largest absolute Gasteiger partial charge is 0.103 e. The maximum absolute atomic E-state index is 3.83. The maximum Gasteiger partial charge on any atom is -0.0190 e. The standard InChI is InChI=1S/C10H10.C3H6.C2H6/c1-3-9(2)10-7-5-4-6-8-10;1-3-2;1-2/h3-8H,1-2H2;3H,1H2,2H3;1-2H3. The van der Waals surface area contributed by atoms with Crippen LogP contribution in [0.15, 0.2) is 62.2 Å². The van der Waals surface area contributed by atoms with Gasteiger partial charge in [-0.2, -0.15) is 0 Å². The van der Waals surface area contributed by atoms with E-state index < -0.39 is 0 Å². The molecule has 0 unspecified atom stereocenters. The first-order valence-corrected chi connectivity index (χ1v) is 5.20. The molecule has 15 heavy (non-hydrogen) atoms. The summed E-state index contributed by atoms with van der Waals surface area (Å²) in [4.78, 5) is 0. The summed E-state index contributed by atoms with van der Waals surface area (Å²) in [6.07, 6.45) is 3.51. The van der Waals surface area contributed by atoms with Crippen molar-refractivity contribution in [3.63, 3.8) is 0 Å². The Morgan fingerprint density at radius 1 is 1.07 bits per heavy atom. The van der Waals surface area contributed by atoms with Gasteiger partial charge in [-0.15, -0.1) is 6.58 Å². The molecule has 0 fully saturated rings. The van der Waals surface area contributed by atoms with E-state index in [9.17, 15) is 0 Å². The lowest BCUT2D eigenvalue weighted by molar-refractivity contribution is 1.50. The number of allylic oxidation sites excluding steroid dienone is 3. The molecule has 0 bridgehead atoms. The third kappa shape index (κ3) is 8.76. The van der Waals surface area contributed by atoms with Crippen LogP contribution in [0.25, 0.3) is 5.57 Å². The van der Waals surface area contributed by atoms with Crippen LogP contribution in [-0.2, 0) is 0 Å². The normalized spacial score (nSPS) is 7.13. The highest BCUT2D eigenvalue weighted by Gasteiger charge is 1.88. The van der Waals surface area contributed by atoms with Crippen molar-refractivity contribution in [2.75, 3.05) is 0 Å². The molecule has 0 aliphatic heterocycles. The van der Waals surface area contributed by atoms with Crippen molar-refractivity contribution in [1.29, 1.82) is 0 Å². The molecule has 0 N–H and O–H groups in total. The molecule has 0 aliphatic carbocycles. The predicted octanol–water partition coefficient (Wildman–Crippen LogP) is 5.10. The molecule has 0 amide bonds. The van der Waals surface area contributed by atoms with Gasteiger partial charge in [-0.1, -0.05) is 69.5 Å². The van der Waals surface area contributed by atoms with E-state index in [1.807, 2.05) is 51.1 Å². The van der Waals surface area contributed by atoms with Crippen LogP contribution in [0.2, 0.25) is 0 Å². The van der Waals surface area contributed by atoms with E-state index in [2.05, 4.69) is 19.7 Å². The molecule has 0 saturated carbocycles. The lowest BCUT2D eigenvalue weighted by Crippen LogP contribution is -1.74. The van der Waals surface area contributed by atoms with E-state index in [1.54, 1.807) is 12.2 Å². The third-order valence-corrected chi connectivity index (χ3v) is 1.39. The van der Waals surface area contributed by atoms with Gasteiger partial charge in [0.2, 0.25) is 0 Å². The number of rotatable bonds is 2. The van der Waals surface area contributed by atoms with Gasteiger partial charge in [0.05, 0.1) is 0 Å². The molecule has 0 saturated heterocycles. The van der Waals surface area contributed by atoms with Crippen molar-refractivity contribution < 1.29 is 0 Å². The highest BCUT2D eigenvalue weighted by atomic mass is 13.9. The first-order chi connectivity index (χ1) is 7.26. The van der Waals surface area contributed by atoms with Crippen LogP contribution in [0.3, 0.4) is 0 Å². The summed E-state index contributed by atoms with van der Waals surface area (Å²) in [5.74, 6) is 0. The molecular formula is C15H22. The fraction of sp³-hybridized carbons (Fsp3) is 0.200. The van der Waals surface area contributed by atoms with E-state index in [0.29, 0.717) is 0 Å². The zero-order chi connectivity index (χ0) is 12.1. The van der Waals surface area contributed by atoms with E-state index in [1.165, 1.54) is 0 Å². The number of hydrogen-bond donors (Lipinski definition) is 0. The van der Waals surface area contributed by atoms with Gasteiger partial charge in [-0.3, -0.25) is 0 Å². The molecule has 0 aliphatic rings. The Morgan fingerprint density at radius 3 is 1.80 bits per heavy atom. The topological polar surface area (TPSA) is 0 Å². The predicted molar refractivity (Wildman–Crippen MR) is 72.9 cm³/mol. The fourth-order valence-corrected chi connectivity index (χ4v) is 0.770. The van der Waals surface area contributed by atoms with Crippen molar-refractivity contribution >= 4 is 5.57 Å². The molecule has 0 spiro atoms. The first-order valence-electron chi connectivity index (χ1n) is 5.20. The van der Waals surface area contributed by atoms with E-state index in [4.69, 9.17) is 0 Å². The van der Waals surface area contributed by atoms with Crippen LogP contribution in [-0.4, -0.2) is 0 Å². The average molecular weight is 202 g/mol. The summed E-state index contributed by atoms with van der Waals surface area (Å²) in [7, 11) is 0. The number of benzene rings is 1. The molecular weight excluding hydrogens is 180 g/mol. The van der Waals surface area contributed by atoms with Gasteiger partial charge < -0.3 is 0 Å². The molecule has 0 heterocycles. The minimum Gasteiger partial charge on any atom is -0.103 e. The van der Waals surface area contributed by atoms with Crippen molar-refractivity contribution in [2.45, 2.75) is 20.8 Å². The Balaban J connectivity index is 0. The molecule has 1 aromatic rings. The average Bonchev–Trinajstić information content (AvgIpc) is 2.33.